The van der Waals surface area contributed by atoms with E-state index in [1.165, 1.54) is 0 Å². The first-order valence-corrected chi connectivity index (χ1v) is 8.73. The second kappa shape index (κ2) is 4.93. The van der Waals surface area contributed by atoms with Gasteiger partial charge in [-0.1, -0.05) is 0 Å². The van der Waals surface area contributed by atoms with Crippen molar-refractivity contribution in [2.75, 3.05) is 6.54 Å². The average Bonchev–Trinajstić information content (AvgIpc) is 2.60. The molecule has 5 aliphatic rings. The molecule has 0 aromatic carbocycles. The van der Waals surface area contributed by atoms with E-state index in [2.05, 4.69) is 10.6 Å². The van der Waals surface area contributed by atoms with Gasteiger partial charge in [-0.05, 0) is 63.2 Å². The van der Waals surface area contributed by atoms with Crippen LogP contribution in [0.3, 0.4) is 0 Å². The van der Waals surface area contributed by atoms with E-state index >= 15 is 0 Å². The fourth-order valence-corrected chi connectivity index (χ4v) is 5.85. The zero-order chi connectivity index (χ0) is 15.4. The Kier molecular flexibility index (Phi) is 3.24. The normalized spacial score (nSPS) is 47.0. The molecule has 1 heterocycles. The number of amides is 2. The van der Waals surface area contributed by atoms with Gasteiger partial charge in [0, 0.05) is 19.0 Å². The van der Waals surface area contributed by atoms with E-state index in [0.29, 0.717) is 44.1 Å². The third-order valence-corrected chi connectivity index (χ3v) is 6.29. The van der Waals surface area contributed by atoms with Crippen LogP contribution in [0.4, 0.5) is 4.39 Å². The fraction of sp³-hybridized carbons (Fsp3) is 0.882. The Morgan fingerprint density at radius 2 is 1.95 bits per heavy atom. The molecule has 4 saturated carbocycles. The maximum Gasteiger partial charge on any atom is 0.226 e. The van der Waals surface area contributed by atoms with E-state index in [9.17, 15) is 14.0 Å². The molecular formula is C17H25FN2O2. The molecular weight excluding hydrogens is 283 g/mol. The van der Waals surface area contributed by atoms with E-state index < -0.39 is 11.1 Å². The summed E-state index contributed by atoms with van der Waals surface area (Å²) in [6.45, 7) is 0.689. The molecule has 4 bridgehead atoms. The Bertz CT molecular complexity index is 493. The second-order valence-corrected chi connectivity index (χ2v) is 8.26. The molecule has 2 N–H and O–H groups in total. The highest BCUT2D eigenvalue weighted by atomic mass is 19.1. The molecule has 22 heavy (non-hydrogen) atoms. The number of carbonyl (C=O) groups is 2. The van der Waals surface area contributed by atoms with E-state index in [4.69, 9.17) is 0 Å². The fourth-order valence-electron chi connectivity index (χ4n) is 5.85. The molecule has 122 valence electrons. The quantitative estimate of drug-likeness (QED) is 0.820. The summed E-state index contributed by atoms with van der Waals surface area (Å²) < 4.78 is 15.0. The van der Waals surface area contributed by atoms with Gasteiger partial charge in [0.1, 0.15) is 5.67 Å². The average molecular weight is 308 g/mol. The molecule has 1 saturated heterocycles. The number of rotatable bonds is 2. The molecule has 4 nitrogen and oxygen atoms in total. The summed E-state index contributed by atoms with van der Waals surface area (Å²) in [5, 5.41) is 5.94. The highest BCUT2D eigenvalue weighted by molar-refractivity contribution is 5.85. The van der Waals surface area contributed by atoms with Crippen molar-refractivity contribution in [1.29, 1.82) is 0 Å². The van der Waals surface area contributed by atoms with E-state index in [1.54, 1.807) is 0 Å². The minimum atomic E-state index is -1.11. The first-order valence-electron chi connectivity index (χ1n) is 8.73. The maximum absolute atomic E-state index is 15.0. The van der Waals surface area contributed by atoms with Gasteiger partial charge in [-0.25, -0.2) is 4.39 Å². The van der Waals surface area contributed by atoms with Crippen LogP contribution >= 0.6 is 0 Å². The first kappa shape index (κ1) is 14.5. The second-order valence-electron chi connectivity index (χ2n) is 8.26. The minimum Gasteiger partial charge on any atom is -0.356 e. The topological polar surface area (TPSA) is 58.2 Å². The van der Waals surface area contributed by atoms with Gasteiger partial charge in [0.15, 0.2) is 0 Å². The number of carbonyl (C=O) groups excluding carboxylic acids is 2. The molecule has 5 heteroatoms. The van der Waals surface area contributed by atoms with Crippen molar-refractivity contribution in [3.8, 4) is 0 Å². The molecule has 0 radical (unpaired) electrons. The van der Waals surface area contributed by atoms with Crippen molar-refractivity contribution < 1.29 is 14.0 Å². The largest absolute Gasteiger partial charge is 0.356 e. The molecule has 2 unspecified atom stereocenters. The maximum atomic E-state index is 15.0. The lowest BCUT2D eigenvalue weighted by molar-refractivity contribution is -0.161. The smallest absolute Gasteiger partial charge is 0.226 e. The Morgan fingerprint density at radius 1 is 1.23 bits per heavy atom. The number of alkyl halides is 1. The van der Waals surface area contributed by atoms with Crippen molar-refractivity contribution in [3.63, 3.8) is 0 Å². The van der Waals surface area contributed by atoms with Gasteiger partial charge < -0.3 is 10.6 Å². The summed E-state index contributed by atoms with van der Waals surface area (Å²) in [7, 11) is 0. The van der Waals surface area contributed by atoms with E-state index in [0.717, 1.165) is 32.1 Å². The Hall–Kier alpha value is -1.13. The molecule has 5 fully saturated rings. The van der Waals surface area contributed by atoms with E-state index in [1.807, 2.05) is 0 Å². The van der Waals surface area contributed by atoms with Crippen LogP contribution in [-0.2, 0) is 9.59 Å². The van der Waals surface area contributed by atoms with Crippen molar-refractivity contribution in [3.05, 3.63) is 0 Å². The van der Waals surface area contributed by atoms with Gasteiger partial charge in [0.05, 0.1) is 5.41 Å². The number of halogens is 1. The molecule has 4 aliphatic carbocycles. The molecule has 0 aromatic rings. The summed E-state index contributed by atoms with van der Waals surface area (Å²) >= 11 is 0. The minimum absolute atomic E-state index is 0.00951. The third kappa shape index (κ3) is 2.42. The Morgan fingerprint density at radius 3 is 2.64 bits per heavy atom. The Balaban J connectivity index is 1.49. The van der Waals surface area contributed by atoms with Crippen LogP contribution in [0.25, 0.3) is 0 Å². The molecule has 5 rings (SSSR count). The van der Waals surface area contributed by atoms with Crippen LogP contribution in [0.15, 0.2) is 0 Å². The summed E-state index contributed by atoms with van der Waals surface area (Å²) in [5.41, 5.74) is -1.61. The zero-order valence-corrected chi connectivity index (χ0v) is 13.0. The summed E-state index contributed by atoms with van der Waals surface area (Å²) in [4.78, 5) is 24.6. The standard InChI is InChI=1S/C17H25FN2O2/c18-17-8-11-4-12(9-17)7-16(6-11,10-17)15(22)20-13-2-1-3-19-14(21)5-13/h11-13H,1-10H2,(H,19,21)(H,20,22)/t11?,12?,13-,16?,17?/m0/s1. The van der Waals surface area contributed by atoms with Gasteiger partial charge in [0.2, 0.25) is 11.8 Å². The highest BCUT2D eigenvalue weighted by Gasteiger charge is 2.61. The Labute approximate surface area is 130 Å². The highest BCUT2D eigenvalue weighted by Crippen LogP contribution is 2.63. The van der Waals surface area contributed by atoms with Crippen LogP contribution < -0.4 is 10.6 Å². The lowest BCUT2D eigenvalue weighted by atomic mass is 9.48. The first-order chi connectivity index (χ1) is 10.5. The monoisotopic (exact) mass is 308 g/mol. The molecule has 0 aromatic heterocycles. The van der Waals surface area contributed by atoms with Crippen molar-refractivity contribution in [2.45, 2.75) is 69.5 Å². The summed E-state index contributed by atoms with van der Waals surface area (Å²) in [6, 6.07) is -0.0847. The third-order valence-electron chi connectivity index (χ3n) is 6.29. The van der Waals surface area contributed by atoms with Crippen LogP contribution in [0.2, 0.25) is 0 Å². The SMILES string of the molecule is O=C1C[C@@H](NC(=O)C23CC4CC(CC(F)(C4)C2)C3)CCCN1. The summed E-state index contributed by atoms with van der Waals surface area (Å²) in [5.74, 6) is 0.794. The number of hydrogen-bond acceptors (Lipinski definition) is 2. The number of hydrogen-bond donors (Lipinski definition) is 2. The predicted molar refractivity (Wildman–Crippen MR) is 79.7 cm³/mol. The van der Waals surface area contributed by atoms with Gasteiger partial charge in [-0.2, -0.15) is 0 Å². The lowest BCUT2D eigenvalue weighted by Gasteiger charge is -2.58. The number of nitrogens with one attached hydrogen (secondary N) is 2. The predicted octanol–water partition coefficient (Wildman–Crippen LogP) is 2.08. The molecule has 1 aliphatic heterocycles. The lowest BCUT2D eigenvalue weighted by Crippen LogP contribution is -2.59. The van der Waals surface area contributed by atoms with Crippen molar-refractivity contribution in [1.82, 2.24) is 10.6 Å². The van der Waals surface area contributed by atoms with Gasteiger partial charge >= 0.3 is 0 Å². The van der Waals surface area contributed by atoms with E-state index in [-0.39, 0.29) is 17.9 Å². The van der Waals surface area contributed by atoms with Crippen molar-refractivity contribution in [2.24, 2.45) is 17.3 Å². The molecule has 2 amide bonds. The zero-order valence-electron chi connectivity index (χ0n) is 13.0. The van der Waals surface area contributed by atoms with Crippen LogP contribution in [-0.4, -0.2) is 30.1 Å². The van der Waals surface area contributed by atoms with Gasteiger partial charge in [0.25, 0.3) is 0 Å². The van der Waals surface area contributed by atoms with Crippen LogP contribution in [0.1, 0.15) is 57.8 Å². The molecule has 3 atom stereocenters. The van der Waals surface area contributed by atoms with Crippen LogP contribution in [0, 0.1) is 17.3 Å². The van der Waals surface area contributed by atoms with Gasteiger partial charge in [-0.15, -0.1) is 0 Å². The summed E-state index contributed by atoms with van der Waals surface area (Å²) in [6.07, 6.45) is 6.59. The van der Waals surface area contributed by atoms with Crippen LogP contribution in [0.5, 0.6) is 0 Å². The molecule has 0 spiro atoms. The van der Waals surface area contributed by atoms with Crippen molar-refractivity contribution >= 4 is 11.8 Å². The van der Waals surface area contributed by atoms with Gasteiger partial charge in [-0.3, -0.25) is 9.59 Å².